The minimum Gasteiger partial charge on any atom is -0.485 e. The monoisotopic (exact) mass is 828 g/mol. The van der Waals surface area contributed by atoms with Crippen molar-refractivity contribution in [2.45, 2.75) is 38.9 Å². The van der Waals surface area contributed by atoms with E-state index in [0.29, 0.717) is 37.4 Å². The maximum absolute atomic E-state index is 13.4. The van der Waals surface area contributed by atoms with E-state index in [-0.39, 0.29) is 31.1 Å². The first kappa shape index (κ1) is 45.4. The topological polar surface area (TPSA) is 118 Å². The summed E-state index contributed by atoms with van der Waals surface area (Å²) in [6.45, 7) is 5.01. The number of rotatable bonds is 20. The second-order valence-corrected chi connectivity index (χ2v) is 14.7. The summed E-state index contributed by atoms with van der Waals surface area (Å²) in [6, 6.07) is 46.7. The fourth-order valence-electron chi connectivity index (χ4n) is 6.42. The number of carboxylic acid groups (broad SMARTS) is 2. The highest BCUT2D eigenvalue weighted by Crippen LogP contribution is 2.33. The summed E-state index contributed by atoms with van der Waals surface area (Å²) in [5.41, 5.74) is 3.77. The van der Waals surface area contributed by atoms with E-state index in [2.05, 4.69) is 0 Å². The molecular weight excluding hydrogens is 776 g/mol. The van der Waals surface area contributed by atoms with Crippen LogP contribution in [0, 0.1) is 19.7 Å². The quantitative estimate of drug-likeness (QED) is 0.0770. The lowest BCUT2D eigenvalue weighted by atomic mass is 10.1. The van der Waals surface area contributed by atoms with Crippen LogP contribution in [0.1, 0.15) is 47.3 Å². The maximum atomic E-state index is 13.4. The largest absolute Gasteiger partial charge is 0.485 e. The molecule has 0 bridgehead atoms. The van der Waals surface area contributed by atoms with Crippen molar-refractivity contribution < 1.29 is 43.1 Å². The summed E-state index contributed by atoms with van der Waals surface area (Å²) >= 11 is 0. The molecular formula is C50H53FN2O8. The SMILES string of the molecule is Cc1cc(Oc2ccccc2)ccc1OC(CCN(C)CC(=O)O)c1ccc(F)cc1.Cc1cc(Oc2ccccc2)ccc1OC(CCN(C)CC(=O)O)c1ccccc1. The number of likely N-dealkylation sites (N-methyl/N-ethyl adjacent to an activating group) is 2. The molecule has 0 heterocycles. The molecule has 0 amide bonds. The molecule has 0 saturated carbocycles. The molecule has 0 aliphatic rings. The summed E-state index contributed by atoms with van der Waals surface area (Å²) in [4.78, 5) is 25.4. The third-order valence-corrected chi connectivity index (χ3v) is 9.56. The van der Waals surface area contributed by atoms with Gasteiger partial charge in [-0.2, -0.15) is 0 Å². The molecule has 6 rings (SSSR count). The lowest BCUT2D eigenvalue weighted by Gasteiger charge is -2.23. The predicted octanol–water partition coefficient (Wildman–Crippen LogP) is 10.8. The Morgan fingerprint density at radius 2 is 0.902 bits per heavy atom. The van der Waals surface area contributed by atoms with E-state index in [1.165, 1.54) is 12.1 Å². The van der Waals surface area contributed by atoms with Gasteiger partial charge in [0.05, 0.1) is 13.1 Å². The summed E-state index contributed by atoms with van der Waals surface area (Å²) in [5.74, 6) is 2.44. The number of hydrogen-bond acceptors (Lipinski definition) is 8. The van der Waals surface area contributed by atoms with Crippen molar-refractivity contribution in [1.82, 2.24) is 9.80 Å². The first-order chi connectivity index (χ1) is 29.4. The molecule has 2 unspecified atom stereocenters. The zero-order valence-electron chi connectivity index (χ0n) is 34.9. The summed E-state index contributed by atoms with van der Waals surface area (Å²) in [5, 5.41) is 18.0. The first-order valence-corrected chi connectivity index (χ1v) is 20.0. The lowest BCUT2D eigenvalue weighted by Crippen LogP contribution is -2.28. The number of aliphatic carboxylic acids is 2. The van der Waals surface area contributed by atoms with Crippen LogP contribution in [0.5, 0.6) is 34.5 Å². The fourth-order valence-corrected chi connectivity index (χ4v) is 6.42. The Morgan fingerprint density at radius 1 is 0.525 bits per heavy atom. The average molecular weight is 829 g/mol. The third kappa shape index (κ3) is 15.5. The molecule has 0 saturated heterocycles. The molecule has 318 valence electrons. The highest BCUT2D eigenvalue weighted by Gasteiger charge is 2.19. The van der Waals surface area contributed by atoms with Crippen molar-refractivity contribution in [3.8, 4) is 34.5 Å². The van der Waals surface area contributed by atoms with E-state index < -0.39 is 11.9 Å². The number of benzene rings is 6. The number of nitrogens with zero attached hydrogens (tertiary/aromatic N) is 2. The van der Waals surface area contributed by atoms with Gasteiger partial charge in [0.15, 0.2) is 0 Å². The predicted molar refractivity (Wildman–Crippen MR) is 234 cm³/mol. The van der Waals surface area contributed by atoms with Crippen molar-refractivity contribution >= 4 is 11.9 Å². The van der Waals surface area contributed by atoms with Crippen molar-refractivity contribution in [1.29, 1.82) is 0 Å². The average Bonchev–Trinajstić information content (AvgIpc) is 3.23. The number of carbonyl (C=O) groups is 2. The summed E-state index contributed by atoms with van der Waals surface area (Å²) < 4.78 is 37.8. The first-order valence-electron chi connectivity index (χ1n) is 20.0. The molecule has 2 N–H and O–H groups in total. The molecule has 61 heavy (non-hydrogen) atoms. The van der Waals surface area contributed by atoms with Gasteiger partial charge >= 0.3 is 11.9 Å². The van der Waals surface area contributed by atoms with Gasteiger partial charge in [-0.25, -0.2) is 4.39 Å². The van der Waals surface area contributed by atoms with Gasteiger partial charge < -0.3 is 29.2 Å². The molecule has 0 fully saturated rings. The van der Waals surface area contributed by atoms with Gasteiger partial charge in [-0.15, -0.1) is 0 Å². The van der Waals surface area contributed by atoms with Gasteiger partial charge in [-0.1, -0.05) is 78.9 Å². The Bertz CT molecular complexity index is 2260. The highest BCUT2D eigenvalue weighted by molar-refractivity contribution is 5.69. The van der Waals surface area contributed by atoms with Crippen LogP contribution in [-0.2, 0) is 9.59 Å². The molecule has 11 heteroatoms. The Morgan fingerprint density at radius 3 is 1.28 bits per heavy atom. The third-order valence-electron chi connectivity index (χ3n) is 9.56. The Labute approximate surface area is 357 Å². The van der Waals surface area contributed by atoms with Crippen molar-refractivity contribution in [2.24, 2.45) is 0 Å². The van der Waals surface area contributed by atoms with Gasteiger partial charge in [-0.3, -0.25) is 19.4 Å². The Kier molecular flexibility index (Phi) is 17.3. The lowest BCUT2D eigenvalue weighted by molar-refractivity contribution is -0.139. The Hall–Kier alpha value is -6.69. The standard InChI is InChI=1S/C25H26FNO4.C25H27NO4/c1-18-16-22(30-21-6-4-3-5-7-21)12-13-23(18)31-24(14-15-27(2)17-25(28)29)19-8-10-20(26)11-9-19;1-19-17-22(29-21-11-7-4-8-12-21)13-14-23(19)30-24(20-9-5-3-6-10-20)15-16-26(2)18-25(27)28/h3-13,16,24H,14-15,17H2,1-2H3,(H,28,29);3-14,17,24H,15-16,18H2,1-2H3,(H,27,28). The summed E-state index contributed by atoms with van der Waals surface area (Å²) in [7, 11) is 3.55. The number of hydrogen-bond donors (Lipinski definition) is 2. The molecule has 2 atom stereocenters. The van der Waals surface area contributed by atoms with Crippen LogP contribution in [0.25, 0.3) is 0 Å². The van der Waals surface area contributed by atoms with E-state index in [9.17, 15) is 14.0 Å². The van der Waals surface area contributed by atoms with Crippen LogP contribution in [0.4, 0.5) is 4.39 Å². The summed E-state index contributed by atoms with van der Waals surface area (Å²) in [6.07, 6.45) is 0.700. The van der Waals surface area contributed by atoms with Gasteiger partial charge in [0.1, 0.15) is 52.5 Å². The van der Waals surface area contributed by atoms with Crippen LogP contribution < -0.4 is 18.9 Å². The number of para-hydroxylation sites is 2. The number of ether oxygens (including phenoxy) is 4. The fraction of sp³-hybridized carbons (Fsp3) is 0.240. The molecule has 0 aromatic heterocycles. The van der Waals surface area contributed by atoms with Gasteiger partial charge in [0.2, 0.25) is 0 Å². The number of aryl methyl sites for hydroxylation is 2. The minimum absolute atomic E-state index is 0.00601. The van der Waals surface area contributed by atoms with E-state index >= 15 is 0 Å². The van der Waals surface area contributed by atoms with E-state index in [1.807, 2.05) is 141 Å². The van der Waals surface area contributed by atoms with Crippen molar-refractivity contribution in [2.75, 3.05) is 40.3 Å². The second-order valence-electron chi connectivity index (χ2n) is 14.7. The normalized spacial score (nSPS) is 11.9. The molecule has 6 aromatic rings. The van der Waals surface area contributed by atoms with Crippen LogP contribution in [0.2, 0.25) is 0 Å². The molecule has 0 aliphatic carbocycles. The minimum atomic E-state index is -0.883. The number of carboxylic acids is 2. The zero-order chi connectivity index (χ0) is 43.6. The Balaban J connectivity index is 0.000000231. The number of halogens is 1. The van der Waals surface area contributed by atoms with Gasteiger partial charge in [-0.05, 0) is 123 Å². The van der Waals surface area contributed by atoms with Crippen LogP contribution in [0.15, 0.2) is 152 Å². The van der Waals surface area contributed by atoms with E-state index in [4.69, 9.17) is 29.2 Å². The van der Waals surface area contributed by atoms with E-state index in [0.717, 1.165) is 45.3 Å². The van der Waals surface area contributed by atoms with E-state index in [1.54, 1.807) is 36.0 Å². The maximum Gasteiger partial charge on any atom is 0.317 e. The smallest absolute Gasteiger partial charge is 0.317 e. The molecule has 0 radical (unpaired) electrons. The van der Waals surface area contributed by atoms with Crippen LogP contribution in [0.3, 0.4) is 0 Å². The molecule has 6 aromatic carbocycles. The molecule has 10 nitrogen and oxygen atoms in total. The van der Waals surface area contributed by atoms with Crippen LogP contribution >= 0.6 is 0 Å². The highest BCUT2D eigenvalue weighted by atomic mass is 19.1. The molecule has 0 aliphatic heterocycles. The van der Waals surface area contributed by atoms with Crippen LogP contribution in [-0.4, -0.2) is 72.2 Å². The van der Waals surface area contributed by atoms with Gasteiger partial charge in [0.25, 0.3) is 0 Å². The second kappa shape index (κ2) is 23.2. The van der Waals surface area contributed by atoms with Crippen molar-refractivity contribution in [3.63, 3.8) is 0 Å². The zero-order valence-corrected chi connectivity index (χ0v) is 34.9. The van der Waals surface area contributed by atoms with Crippen molar-refractivity contribution in [3.05, 3.63) is 180 Å². The van der Waals surface area contributed by atoms with Gasteiger partial charge in [0, 0.05) is 25.9 Å². The molecule has 0 spiro atoms.